The van der Waals surface area contributed by atoms with E-state index in [1.165, 1.54) is 0 Å². The minimum atomic E-state index is -0.416. The van der Waals surface area contributed by atoms with Crippen LogP contribution in [0.5, 0.6) is 0 Å². The first kappa shape index (κ1) is 21.8. The molecule has 142 valence electrons. The minimum Gasteiger partial charge on any atom is -0.399 e. The second kappa shape index (κ2) is 9.16. The summed E-state index contributed by atoms with van der Waals surface area (Å²) in [7, 11) is -0.416. The summed E-state index contributed by atoms with van der Waals surface area (Å²) in [6, 6.07) is 5.97. The van der Waals surface area contributed by atoms with E-state index in [0.29, 0.717) is 12.3 Å². The summed E-state index contributed by atoms with van der Waals surface area (Å²) >= 11 is 8.82. The Morgan fingerprint density at radius 2 is 1.63 bits per heavy atom. The highest BCUT2D eigenvalue weighted by molar-refractivity contribution is 9.10. The van der Waals surface area contributed by atoms with Crippen LogP contribution >= 0.6 is 27.5 Å². The van der Waals surface area contributed by atoms with Gasteiger partial charge in [0.1, 0.15) is 0 Å². The average Bonchev–Trinajstić information content (AvgIpc) is 2.84. The molecule has 0 aliphatic carbocycles. The van der Waals surface area contributed by atoms with Crippen molar-refractivity contribution in [2.75, 3.05) is 0 Å². The molecule has 0 bridgehead atoms. The van der Waals surface area contributed by atoms with Gasteiger partial charge in [0.15, 0.2) is 0 Å². The van der Waals surface area contributed by atoms with Crippen molar-refractivity contribution in [1.29, 1.82) is 5.26 Å². The van der Waals surface area contributed by atoms with Crippen LogP contribution in [0, 0.1) is 11.3 Å². The van der Waals surface area contributed by atoms with Crippen LogP contribution in [0.4, 0.5) is 0 Å². The Kier molecular flexibility index (Phi) is 7.41. The van der Waals surface area contributed by atoms with Crippen LogP contribution in [0.15, 0.2) is 41.4 Å². The molecule has 2 aromatic heterocycles. The van der Waals surface area contributed by atoms with Crippen molar-refractivity contribution in [2.24, 2.45) is 0 Å². The summed E-state index contributed by atoms with van der Waals surface area (Å²) in [5, 5.41) is 8.70. The van der Waals surface area contributed by atoms with E-state index in [1.807, 2.05) is 39.8 Å². The fourth-order valence-corrected chi connectivity index (χ4v) is 2.89. The molecule has 1 aliphatic heterocycles. The Bertz CT molecular complexity index is 811. The molecule has 0 aromatic carbocycles. The van der Waals surface area contributed by atoms with Crippen molar-refractivity contribution in [2.45, 2.75) is 51.2 Å². The summed E-state index contributed by atoms with van der Waals surface area (Å²) in [6.45, 7) is 8.05. The van der Waals surface area contributed by atoms with Gasteiger partial charge in [-0.05, 0) is 60.8 Å². The monoisotopic (exact) mass is 449 g/mol. The van der Waals surface area contributed by atoms with E-state index in [2.05, 4.69) is 32.0 Å². The first-order valence-electron chi connectivity index (χ1n) is 8.50. The van der Waals surface area contributed by atoms with Crippen LogP contribution < -0.4 is 5.46 Å². The Labute approximate surface area is 174 Å². The fraction of sp³-hybridized carbons (Fsp3) is 0.421. The first-order valence-corrected chi connectivity index (χ1v) is 9.83. The number of nitriles is 1. The standard InChI is InChI=1S/C13H17BN2O2.C6H5BrClN/c1-12(2)13(3,4)18-14(17-12)11-7-10(5-6-15)8-16-9-11;7-6-1-5(2-8)3-9-4-6/h7-9H,5H2,1-4H3;1,3-4H,2H2. The molecule has 8 heteroatoms. The maximum Gasteiger partial charge on any atom is 0.496 e. The predicted molar refractivity (Wildman–Crippen MR) is 111 cm³/mol. The molecule has 1 aliphatic rings. The van der Waals surface area contributed by atoms with Crippen molar-refractivity contribution >= 4 is 40.1 Å². The average molecular weight is 451 g/mol. The number of nitrogens with zero attached hydrogens (tertiary/aromatic N) is 3. The lowest BCUT2D eigenvalue weighted by molar-refractivity contribution is 0.00578. The van der Waals surface area contributed by atoms with Gasteiger partial charge < -0.3 is 9.31 Å². The SMILES string of the molecule is CC1(C)OB(c2cncc(CC#N)c2)OC1(C)C.ClCc1cncc(Br)c1. The molecule has 3 heterocycles. The van der Waals surface area contributed by atoms with Gasteiger partial charge in [0.05, 0.1) is 23.7 Å². The summed E-state index contributed by atoms with van der Waals surface area (Å²) in [4.78, 5) is 8.06. The third kappa shape index (κ3) is 5.76. The molecule has 0 N–H and O–H groups in total. The Hall–Kier alpha value is -1.46. The lowest BCUT2D eigenvalue weighted by Crippen LogP contribution is -2.41. The molecule has 0 radical (unpaired) electrons. The van der Waals surface area contributed by atoms with Crippen molar-refractivity contribution in [3.05, 3.63) is 52.5 Å². The van der Waals surface area contributed by atoms with Gasteiger partial charge in [-0.1, -0.05) is 6.07 Å². The van der Waals surface area contributed by atoms with Crippen molar-refractivity contribution < 1.29 is 9.31 Å². The van der Waals surface area contributed by atoms with E-state index in [4.69, 9.17) is 26.2 Å². The largest absolute Gasteiger partial charge is 0.496 e. The zero-order valence-electron chi connectivity index (χ0n) is 15.9. The van der Waals surface area contributed by atoms with Crippen LogP contribution in [0.1, 0.15) is 38.8 Å². The number of pyridine rings is 2. The number of halogens is 2. The normalized spacial score (nSPS) is 17.0. The third-order valence-corrected chi connectivity index (χ3v) is 5.28. The Balaban J connectivity index is 0.000000244. The van der Waals surface area contributed by atoms with Crippen LogP contribution in [-0.2, 0) is 21.6 Å². The lowest BCUT2D eigenvalue weighted by atomic mass is 9.79. The topological polar surface area (TPSA) is 68.0 Å². The van der Waals surface area contributed by atoms with Gasteiger partial charge in [0, 0.05) is 40.6 Å². The fourth-order valence-electron chi connectivity index (χ4n) is 2.33. The highest BCUT2D eigenvalue weighted by atomic mass is 79.9. The van der Waals surface area contributed by atoms with Crippen LogP contribution in [-0.4, -0.2) is 28.3 Å². The van der Waals surface area contributed by atoms with E-state index in [-0.39, 0.29) is 11.2 Å². The minimum absolute atomic E-state index is 0.348. The molecule has 27 heavy (non-hydrogen) atoms. The van der Waals surface area contributed by atoms with Gasteiger partial charge in [-0.3, -0.25) is 9.97 Å². The molecule has 0 atom stereocenters. The van der Waals surface area contributed by atoms with Gasteiger partial charge in [0.25, 0.3) is 0 Å². The van der Waals surface area contributed by atoms with Crippen LogP contribution in [0.3, 0.4) is 0 Å². The van der Waals surface area contributed by atoms with E-state index in [9.17, 15) is 0 Å². The van der Waals surface area contributed by atoms with E-state index in [0.717, 1.165) is 21.1 Å². The van der Waals surface area contributed by atoms with Crippen molar-refractivity contribution in [3.8, 4) is 6.07 Å². The summed E-state index contributed by atoms with van der Waals surface area (Å²) < 4.78 is 12.8. The van der Waals surface area contributed by atoms with E-state index < -0.39 is 7.12 Å². The maximum absolute atomic E-state index is 8.70. The van der Waals surface area contributed by atoms with E-state index >= 15 is 0 Å². The molecule has 5 nitrogen and oxygen atoms in total. The van der Waals surface area contributed by atoms with Gasteiger partial charge in [-0.25, -0.2) is 0 Å². The Morgan fingerprint density at radius 1 is 1.04 bits per heavy atom. The van der Waals surface area contributed by atoms with E-state index in [1.54, 1.807) is 24.8 Å². The van der Waals surface area contributed by atoms with Crippen LogP contribution in [0.2, 0.25) is 0 Å². The highest BCUT2D eigenvalue weighted by Gasteiger charge is 2.51. The molecule has 2 aromatic rings. The van der Waals surface area contributed by atoms with Crippen LogP contribution in [0.25, 0.3) is 0 Å². The van der Waals surface area contributed by atoms with Crippen molar-refractivity contribution in [3.63, 3.8) is 0 Å². The zero-order chi connectivity index (χ0) is 20.1. The lowest BCUT2D eigenvalue weighted by Gasteiger charge is -2.32. The number of aromatic nitrogens is 2. The second-order valence-electron chi connectivity index (χ2n) is 7.19. The van der Waals surface area contributed by atoms with Gasteiger partial charge in [0.2, 0.25) is 0 Å². The van der Waals surface area contributed by atoms with Gasteiger partial charge in [-0.15, -0.1) is 11.6 Å². The quantitative estimate of drug-likeness (QED) is 0.522. The van der Waals surface area contributed by atoms with Gasteiger partial charge >= 0.3 is 7.12 Å². The summed E-state index contributed by atoms with van der Waals surface area (Å²) in [5.41, 5.74) is 2.06. The molecular weight excluding hydrogens is 428 g/mol. The zero-order valence-corrected chi connectivity index (χ0v) is 18.2. The second-order valence-corrected chi connectivity index (χ2v) is 8.38. The third-order valence-electron chi connectivity index (χ3n) is 4.54. The number of hydrogen-bond acceptors (Lipinski definition) is 5. The number of alkyl halides is 1. The number of rotatable bonds is 3. The number of hydrogen-bond donors (Lipinski definition) is 0. The maximum atomic E-state index is 8.70. The Morgan fingerprint density at radius 3 is 2.15 bits per heavy atom. The molecule has 0 spiro atoms. The predicted octanol–water partition coefficient (Wildman–Crippen LogP) is 4.03. The summed E-state index contributed by atoms with van der Waals surface area (Å²) in [5.74, 6) is 0.520. The molecule has 1 fully saturated rings. The molecule has 1 saturated heterocycles. The molecule has 0 unspecified atom stereocenters. The highest BCUT2D eigenvalue weighted by Crippen LogP contribution is 2.36. The van der Waals surface area contributed by atoms with Crippen molar-refractivity contribution in [1.82, 2.24) is 9.97 Å². The molecule has 0 saturated carbocycles. The smallest absolute Gasteiger partial charge is 0.399 e. The summed E-state index contributed by atoms with van der Waals surface area (Å²) in [6.07, 6.45) is 7.25. The molecule has 3 rings (SSSR count). The van der Waals surface area contributed by atoms with Gasteiger partial charge in [-0.2, -0.15) is 5.26 Å². The molecule has 0 amide bonds. The molecular formula is C19H22BBrClN3O2. The first-order chi connectivity index (χ1) is 12.7.